The number of aliphatic hydroxyl groups excluding tert-OH is 1. The largest absolute Gasteiger partial charge is 0.386 e. The lowest BCUT2D eigenvalue weighted by atomic mass is 10.1. The van der Waals surface area contributed by atoms with E-state index in [-0.39, 0.29) is 6.61 Å². The molecule has 10 nitrogen and oxygen atoms in total. The number of aliphatic hydroxyl groups is 1. The zero-order chi connectivity index (χ0) is 16.5. The van der Waals surface area contributed by atoms with Crippen molar-refractivity contribution >= 4 is 7.60 Å². The van der Waals surface area contributed by atoms with Crippen LogP contribution in [0, 0.1) is 0 Å². The molecule has 0 amide bonds. The SMILES string of the molecule is COC[C@H]1O[C@@H](n2ccc(=O)[nH]c2=O)[C@@H](O)C1OP(C)(=O)O. The molecule has 2 rings (SSSR count). The first kappa shape index (κ1) is 17.1. The highest BCUT2D eigenvalue weighted by molar-refractivity contribution is 7.51. The number of H-pyrrole nitrogens is 1. The lowest BCUT2D eigenvalue weighted by molar-refractivity contribution is -0.0607. The monoisotopic (exact) mass is 336 g/mol. The molecule has 124 valence electrons. The number of rotatable bonds is 5. The van der Waals surface area contributed by atoms with E-state index in [1.165, 1.54) is 7.11 Å². The lowest BCUT2D eigenvalue weighted by Gasteiger charge is -2.21. The third-order valence-electron chi connectivity index (χ3n) is 3.08. The molecule has 1 aromatic rings. The zero-order valence-electron chi connectivity index (χ0n) is 11.9. The van der Waals surface area contributed by atoms with Gasteiger partial charge in [-0.3, -0.25) is 23.4 Å². The number of aromatic nitrogens is 2. The Morgan fingerprint density at radius 1 is 1.50 bits per heavy atom. The number of hydrogen-bond acceptors (Lipinski definition) is 7. The molecule has 2 heterocycles. The van der Waals surface area contributed by atoms with Gasteiger partial charge in [0, 0.05) is 26.0 Å². The quantitative estimate of drug-likeness (QED) is 0.560. The maximum Gasteiger partial charge on any atom is 0.330 e. The van der Waals surface area contributed by atoms with Crippen molar-refractivity contribution in [2.45, 2.75) is 24.5 Å². The first-order valence-electron chi connectivity index (χ1n) is 6.35. The molecule has 1 aliphatic heterocycles. The molecule has 0 radical (unpaired) electrons. The molecular weight excluding hydrogens is 319 g/mol. The van der Waals surface area contributed by atoms with E-state index < -0.39 is 43.4 Å². The molecule has 0 saturated carbocycles. The van der Waals surface area contributed by atoms with Gasteiger partial charge in [0.1, 0.15) is 18.3 Å². The lowest BCUT2D eigenvalue weighted by Crippen LogP contribution is -2.38. The fourth-order valence-corrected chi connectivity index (χ4v) is 2.94. The van der Waals surface area contributed by atoms with Gasteiger partial charge in [0.05, 0.1) is 6.61 Å². The topological polar surface area (TPSA) is 140 Å². The molecule has 2 unspecified atom stereocenters. The van der Waals surface area contributed by atoms with E-state index in [0.29, 0.717) is 0 Å². The van der Waals surface area contributed by atoms with Gasteiger partial charge in [-0.1, -0.05) is 0 Å². The van der Waals surface area contributed by atoms with Crippen molar-refractivity contribution in [1.82, 2.24) is 9.55 Å². The van der Waals surface area contributed by atoms with Crippen LogP contribution in [0.1, 0.15) is 6.23 Å². The van der Waals surface area contributed by atoms with E-state index in [1.807, 2.05) is 4.98 Å². The van der Waals surface area contributed by atoms with E-state index in [4.69, 9.17) is 14.0 Å². The molecule has 0 aromatic carbocycles. The maximum absolute atomic E-state index is 11.8. The maximum atomic E-state index is 11.8. The Bertz CT molecular complexity index is 679. The van der Waals surface area contributed by atoms with Crippen LogP contribution in [0.3, 0.4) is 0 Å². The highest BCUT2D eigenvalue weighted by atomic mass is 31.2. The van der Waals surface area contributed by atoms with Crippen LogP contribution in [0.15, 0.2) is 21.9 Å². The van der Waals surface area contributed by atoms with Crippen LogP contribution < -0.4 is 11.2 Å². The van der Waals surface area contributed by atoms with E-state index in [9.17, 15) is 24.2 Å². The Morgan fingerprint density at radius 3 is 2.73 bits per heavy atom. The third kappa shape index (κ3) is 3.72. The summed E-state index contributed by atoms with van der Waals surface area (Å²) >= 11 is 0. The van der Waals surface area contributed by atoms with Crippen LogP contribution in [0.2, 0.25) is 0 Å². The number of aromatic amines is 1. The summed E-state index contributed by atoms with van der Waals surface area (Å²) in [7, 11) is -2.51. The Balaban J connectivity index is 2.32. The first-order chi connectivity index (χ1) is 10.2. The van der Waals surface area contributed by atoms with Gasteiger partial charge in [0.25, 0.3) is 5.56 Å². The smallest absolute Gasteiger partial charge is 0.330 e. The van der Waals surface area contributed by atoms with Crippen LogP contribution >= 0.6 is 7.60 Å². The summed E-state index contributed by atoms with van der Waals surface area (Å²) in [5.41, 5.74) is -1.37. The van der Waals surface area contributed by atoms with Crippen molar-refractivity contribution in [3.8, 4) is 0 Å². The second-order valence-corrected chi connectivity index (χ2v) is 6.72. The predicted octanol–water partition coefficient (Wildman–Crippen LogP) is -1.36. The van der Waals surface area contributed by atoms with Crippen LogP contribution in [-0.4, -0.2) is 58.2 Å². The summed E-state index contributed by atoms with van der Waals surface area (Å²) in [4.78, 5) is 34.2. The van der Waals surface area contributed by atoms with Gasteiger partial charge in [0.2, 0.25) is 0 Å². The molecule has 11 heteroatoms. The minimum absolute atomic E-state index is 0.0175. The van der Waals surface area contributed by atoms with E-state index in [1.54, 1.807) is 0 Å². The molecule has 1 aliphatic rings. The molecule has 1 saturated heterocycles. The second kappa shape index (κ2) is 6.45. The average Bonchev–Trinajstić information content (AvgIpc) is 2.67. The van der Waals surface area contributed by atoms with Crippen molar-refractivity contribution in [2.24, 2.45) is 0 Å². The molecule has 1 aromatic heterocycles. The van der Waals surface area contributed by atoms with Crippen LogP contribution in [-0.2, 0) is 18.6 Å². The number of methoxy groups -OCH3 is 1. The van der Waals surface area contributed by atoms with Gasteiger partial charge in [0.15, 0.2) is 6.23 Å². The van der Waals surface area contributed by atoms with Crippen molar-refractivity contribution in [2.75, 3.05) is 20.4 Å². The number of nitrogens with one attached hydrogen (secondary N) is 1. The molecule has 0 aliphatic carbocycles. The average molecular weight is 336 g/mol. The third-order valence-corrected chi connectivity index (χ3v) is 3.72. The molecular formula is C11H17N2O8P. The van der Waals surface area contributed by atoms with Crippen molar-refractivity contribution < 1.29 is 28.6 Å². The van der Waals surface area contributed by atoms with Crippen molar-refractivity contribution in [3.63, 3.8) is 0 Å². The summed E-state index contributed by atoms with van der Waals surface area (Å²) in [6.07, 6.45) is -3.44. The molecule has 3 N–H and O–H groups in total. The minimum atomic E-state index is -3.89. The van der Waals surface area contributed by atoms with Gasteiger partial charge in [-0.2, -0.15) is 0 Å². The van der Waals surface area contributed by atoms with Gasteiger partial charge >= 0.3 is 13.3 Å². The molecule has 1 fully saturated rings. The Labute approximate surface area is 124 Å². The molecule has 22 heavy (non-hydrogen) atoms. The van der Waals surface area contributed by atoms with Gasteiger partial charge in [-0.05, 0) is 0 Å². The fourth-order valence-electron chi connectivity index (χ4n) is 2.23. The Morgan fingerprint density at radius 2 is 2.18 bits per heavy atom. The Hall–Kier alpha value is -1.29. The van der Waals surface area contributed by atoms with E-state index in [0.717, 1.165) is 23.5 Å². The minimum Gasteiger partial charge on any atom is -0.386 e. The summed E-state index contributed by atoms with van der Waals surface area (Å²) in [6.45, 7) is 0.958. The van der Waals surface area contributed by atoms with Crippen LogP contribution in [0.4, 0.5) is 0 Å². The standard InChI is InChI=1S/C11H17N2O8P/c1-19-5-6-9(21-22(2,17)18)8(15)10(20-6)13-4-3-7(14)12-11(13)16/h3-4,6,8-10,15H,5H2,1-2H3,(H,17,18)(H,12,14,16)/t6-,8+,9?,10-/m1/s1. The molecule has 5 atom stereocenters. The van der Waals surface area contributed by atoms with E-state index >= 15 is 0 Å². The highest BCUT2D eigenvalue weighted by Gasteiger charge is 2.47. The van der Waals surface area contributed by atoms with Crippen LogP contribution in [0.5, 0.6) is 0 Å². The normalized spacial score (nSPS) is 31.1. The number of nitrogens with zero attached hydrogens (tertiary/aromatic N) is 1. The zero-order valence-corrected chi connectivity index (χ0v) is 12.8. The number of ether oxygens (including phenoxy) is 2. The second-order valence-electron chi connectivity index (χ2n) is 4.90. The van der Waals surface area contributed by atoms with Gasteiger partial charge in [-0.15, -0.1) is 0 Å². The van der Waals surface area contributed by atoms with Crippen LogP contribution in [0.25, 0.3) is 0 Å². The van der Waals surface area contributed by atoms with Gasteiger partial charge < -0.3 is 19.5 Å². The number of hydrogen-bond donors (Lipinski definition) is 3. The predicted molar refractivity (Wildman–Crippen MR) is 73.7 cm³/mol. The van der Waals surface area contributed by atoms with Crippen molar-refractivity contribution in [3.05, 3.63) is 33.1 Å². The summed E-state index contributed by atoms with van der Waals surface area (Å²) < 4.78 is 27.8. The van der Waals surface area contributed by atoms with E-state index in [2.05, 4.69) is 0 Å². The summed E-state index contributed by atoms with van der Waals surface area (Å²) in [5.74, 6) is 0. The Kier molecular flexibility index (Phi) is 5.00. The molecule has 0 bridgehead atoms. The summed E-state index contributed by atoms with van der Waals surface area (Å²) in [6, 6.07) is 1.09. The van der Waals surface area contributed by atoms with Crippen molar-refractivity contribution in [1.29, 1.82) is 0 Å². The van der Waals surface area contributed by atoms with Gasteiger partial charge in [-0.25, -0.2) is 4.79 Å². The summed E-state index contributed by atoms with van der Waals surface area (Å²) in [5, 5.41) is 10.3. The fraction of sp³-hybridized carbons (Fsp3) is 0.636. The molecule has 0 spiro atoms. The highest BCUT2D eigenvalue weighted by Crippen LogP contribution is 2.43. The first-order valence-corrected chi connectivity index (χ1v) is 8.38.